The van der Waals surface area contributed by atoms with Gasteiger partial charge in [0.15, 0.2) is 11.0 Å². The standard InChI is InChI=1S/C17H20N4O2S/c1-11-2-4-12(5-3-11)20-9-8-14(16(20)23)24-17-19-18-15(10-22)21(17)13-6-7-13/h2-5,13-14,22H,6-10H2,1H3/t14-/m0/s1. The molecular formula is C17H20N4O2S. The number of aryl methyl sites for hydroxylation is 1. The predicted molar refractivity (Wildman–Crippen MR) is 92.0 cm³/mol. The summed E-state index contributed by atoms with van der Waals surface area (Å²) in [6.07, 6.45) is 2.97. The number of amides is 1. The highest BCUT2D eigenvalue weighted by atomic mass is 32.2. The summed E-state index contributed by atoms with van der Waals surface area (Å²) in [5, 5.41) is 18.3. The average molecular weight is 344 g/mol. The topological polar surface area (TPSA) is 71.2 Å². The maximum atomic E-state index is 12.8. The molecule has 1 saturated heterocycles. The van der Waals surface area contributed by atoms with E-state index in [1.807, 2.05) is 40.7 Å². The van der Waals surface area contributed by atoms with Gasteiger partial charge in [-0.15, -0.1) is 10.2 Å². The fourth-order valence-electron chi connectivity index (χ4n) is 3.07. The molecule has 1 aliphatic heterocycles. The number of aliphatic hydroxyl groups excluding tert-OH is 1. The van der Waals surface area contributed by atoms with Crippen LogP contribution in [0.4, 0.5) is 5.69 Å². The Kier molecular flexibility index (Phi) is 4.05. The molecule has 0 spiro atoms. The number of carbonyl (C=O) groups excluding carboxylic acids is 1. The Labute approximate surface area is 144 Å². The van der Waals surface area contributed by atoms with Gasteiger partial charge in [-0.25, -0.2) is 0 Å². The largest absolute Gasteiger partial charge is 0.388 e. The first-order valence-corrected chi connectivity index (χ1v) is 9.14. The molecule has 6 nitrogen and oxygen atoms in total. The van der Waals surface area contributed by atoms with E-state index >= 15 is 0 Å². The molecule has 1 N–H and O–H groups in total. The zero-order valence-electron chi connectivity index (χ0n) is 13.6. The van der Waals surface area contributed by atoms with Crippen LogP contribution in [0.3, 0.4) is 0 Å². The van der Waals surface area contributed by atoms with Crippen molar-refractivity contribution < 1.29 is 9.90 Å². The Morgan fingerprint density at radius 2 is 1.96 bits per heavy atom. The molecule has 2 heterocycles. The molecule has 2 aliphatic rings. The SMILES string of the molecule is Cc1ccc(N2CC[C@H](Sc3nnc(CO)n3C3CC3)C2=O)cc1. The number of aromatic nitrogens is 3. The lowest BCUT2D eigenvalue weighted by Gasteiger charge is -2.17. The van der Waals surface area contributed by atoms with Crippen molar-refractivity contribution in [2.45, 2.75) is 49.2 Å². The van der Waals surface area contributed by atoms with Gasteiger partial charge >= 0.3 is 0 Å². The number of benzene rings is 1. The van der Waals surface area contributed by atoms with E-state index in [4.69, 9.17) is 0 Å². The number of anilines is 1. The van der Waals surface area contributed by atoms with Crippen molar-refractivity contribution in [2.24, 2.45) is 0 Å². The summed E-state index contributed by atoms with van der Waals surface area (Å²) in [5.74, 6) is 0.723. The highest BCUT2D eigenvalue weighted by molar-refractivity contribution is 8.00. The number of carbonyl (C=O) groups is 1. The molecule has 1 amide bonds. The Morgan fingerprint density at radius 1 is 1.21 bits per heavy atom. The normalized spacial score (nSPS) is 20.8. The van der Waals surface area contributed by atoms with Crippen molar-refractivity contribution >= 4 is 23.4 Å². The molecule has 2 aromatic rings. The van der Waals surface area contributed by atoms with Gasteiger partial charge in [0.25, 0.3) is 0 Å². The van der Waals surface area contributed by atoms with E-state index in [0.29, 0.717) is 11.9 Å². The lowest BCUT2D eigenvalue weighted by Crippen LogP contribution is -2.28. The van der Waals surface area contributed by atoms with Crippen LogP contribution < -0.4 is 4.90 Å². The Balaban J connectivity index is 1.51. The summed E-state index contributed by atoms with van der Waals surface area (Å²) in [7, 11) is 0. The summed E-state index contributed by atoms with van der Waals surface area (Å²) in [6.45, 7) is 2.65. The highest BCUT2D eigenvalue weighted by Crippen LogP contribution is 2.41. The number of aliphatic hydroxyl groups is 1. The molecule has 2 fully saturated rings. The number of nitrogens with zero attached hydrogens (tertiary/aromatic N) is 4. The second-order valence-corrected chi connectivity index (χ2v) is 7.55. The van der Waals surface area contributed by atoms with Gasteiger partial charge in [-0.3, -0.25) is 4.79 Å². The molecule has 1 atom stereocenters. The Morgan fingerprint density at radius 3 is 2.62 bits per heavy atom. The van der Waals surface area contributed by atoms with E-state index < -0.39 is 0 Å². The first kappa shape index (κ1) is 15.7. The van der Waals surface area contributed by atoms with Gasteiger partial charge in [-0.1, -0.05) is 29.5 Å². The molecule has 1 aromatic heterocycles. The summed E-state index contributed by atoms with van der Waals surface area (Å²) >= 11 is 1.48. The number of rotatable bonds is 5. The van der Waals surface area contributed by atoms with Gasteiger partial charge in [-0.05, 0) is 38.3 Å². The van der Waals surface area contributed by atoms with Crippen molar-refractivity contribution in [1.29, 1.82) is 0 Å². The second kappa shape index (κ2) is 6.22. The van der Waals surface area contributed by atoms with Crippen molar-refractivity contribution in [3.63, 3.8) is 0 Å². The molecular weight excluding hydrogens is 324 g/mol. The van der Waals surface area contributed by atoms with Gasteiger partial charge in [0, 0.05) is 18.3 Å². The van der Waals surface area contributed by atoms with Crippen LogP contribution in [-0.2, 0) is 11.4 Å². The number of thioether (sulfide) groups is 1. The third-order valence-corrected chi connectivity index (χ3v) is 5.75. The lowest BCUT2D eigenvalue weighted by molar-refractivity contribution is -0.116. The van der Waals surface area contributed by atoms with Crippen LogP contribution in [-0.4, -0.2) is 37.6 Å². The van der Waals surface area contributed by atoms with Crippen LogP contribution in [0.5, 0.6) is 0 Å². The first-order valence-electron chi connectivity index (χ1n) is 8.26. The third-order valence-electron chi connectivity index (χ3n) is 4.54. The molecule has 0 radical (unpaired) electrons. The van der Waals surface area contributed by atoms with Gasteiger partial charge < -0.3 is 14.6 Å². The number of hydrogen-bond donors (Lipinski definition) is 1. The molecule has 24 heavy (non-hydrogen) atoms. The molecule has 4 rings (SSSR count). The van der Waals surface area contributed by atoms with E-state index in [-0.39, 0.29) is 17.8 Å². The monoisotopic (exact) mass is 344 g/mol. The molecule has 1 saturated carbocycles. The van der Waals surface area contributed by atoms with E-state index in [2.05, 4.69) is 10.2 Å². The predicted octanol–water partition coefficient (Wildman–Crippen LogP) is 2.31. The summed E-state index contributed by atoms with van der Waals surface area (Å²) < 4.78 is 2.01. The minimum Gasteiger partial charge on any atom is -0.388 e. The fourth-order valence-corrected chi connectivity index (χ4v) is 4.23. The fraction of sp³-hybridized carbons (Fsp3) is 0.471. The van der Waals surface area contributed by atoms with E-state index in [1.54, 1.807) is 0 Å². The zero-order valence-corrected chi connectivity index (χ0v) is 14.4. The average Bonchev–Trinajstić information content (AvgIpc) is 3.25. The molecule has 0 unspecified atom stereocenters. The minimum absolute atomic E-state index is 0.113. The third kappa shape index (κ3) is 2.82. The van der Waals surface area contributed by atoms with Crippen LogP contribution in [0.2, 0.25) is 0 Å². The van der Waals surface area contributed by atoms with Gasteiger partial charge in [0.05, 0.1) is 5.25 Å². The molecule has 1 aromatic carbocycles. The van der Waals surface area contributed by atoms with E-state index in [1.165, 1.54) is 17.3 Å². The molecule has 7 heteroatoms. The van der Waals surface area contributed by atoms with Crippen LogP contribution in [0, 0.1) is 6.92 Å². The summed E-state index contributed by atoms with van der Waals surface area (Å²) in [4.78, 5) is 14.6. The van der Waals surface area contributed by atoms with E-state index in [9.17, 15) is 9.90 Å². The maximum Gasteiger partial charge on any atom is 0.240 e. The van der Waals surface area contributed by atoms with E-state index in [0.717, 1.165) is 36.7 Å². The second-order valence-electron chi connectivity index (χ2n) is 6.38. The molecule has 1 aliphatic carbocycles. The quantitative estimate of drug-likeness (QED) is 0.901. The summed E-state index contributed by atoms with van der Waals surface area (Å²) in [6, 6.07) is 8.43. The maximum absolute atomic E-state index is 12.8. The Hall–Kier alpha value is -1.86. The number of hydrogen-bond acceptors (Lipinski definition) is 5. The smallest absolute Gasteiger partial charge is 0.240 e. The van der Waals surface area contributed by atoms with Gasteiger partial charge in [0.2, 0.25) is 5.91 Å². The van der Waals surface area contributed by atoms with Crippen LogP contribution in [0.15, 0.2) is 29.4 Å². The van der Waals surface area contributed by atoms with Gasteiger partial charge in [-0.2, -0.15) is 0 Å². The minimum atomic E-state index is -0.139. The molecule has 0 bridgehead atoms. The summed E-state index contributed by atoms with van der Waals surface area (Å²) in [5.41, 5.74) is 2.14. The van der Waals surface area contributed by atoms with Crippen LogP contribution >= 0.6 is 11.8 Å². The zero-order chi connectivity index (χ0) is 16.7. The van der Waals surface area contributed by atoms with Crippen molar-refractivity contribution in [1.82, 2.24) is 14.8 Å². The van der Waals surface area contributed by atoms with Crippen molar-refractivity contribution in [3.8, 4) is 0 Å². The Bertz CT molecular complexity index is 754. The highest BCUT2D eigenvalue weighted by Gasteiger charge is 2.36. The van der Waals surface area contributed by atoms with Crippen molar-refractivity contribution in [3.05, 3.63) is 35.7 Å². The first-order chi connectivity index (χ1) is 11.7. The van der Waals surface area contributed by atoms with Crippen molar-refractivity contribution in [2.75, 3.05) is 11.4 Å². The van der Waals surface area contributed by atoms with Crippen LogP contribution in [0.1, 0.15) is 36.7 Å². The van der Waals surface area contributed by atoms with Gasteiger partial charge in [0.1, 0.15) is 6.61 Å². The molecule has 126 valence electrons. The van der Waals surface area contributed by atoms with Crippen LogP contribution in [0.25, 0.3) is 0 Å². The lowest BCUT2D eigenvalue weighted by atomic mass is 10.2.